The Kier molecular flexibility index (Phi) is 7.90. The third-order valence-corrected chi connectivity index (χ3v) is 2.60. The van der Waals surface area contributed by atoms with Crippen molar-refractivity contribution < 1.29 is 4.79 Å². The first-order chi connectivity index (χ1) is 6.67. The van der Waals surface area contributed by atoms with Gasteiger partial charge in [-0.3, -0.25) is 4.79 Å². The second kappa shape index (κ2) is 8.06. The highest BCUT2D eigenvalue weighted by atomic mass is 35.5. The zero-order valence-electron chi connectivity index (χ0n) is 9.35. The fourth-order valence-electron chi connectivity index (χ4n) is 1.34. The van der Waals surface area contributed by atoms with Crippen molar-refractivity contribution in [1.29, 1.82) is 0 Å². The van der Waals surface area contributed by atoms with Gasteiger partial charge in [0.05, 0.1) is 0 Å². The summed E-state index contributed by atoms with van der Waals surface area (Å²) in [4.78, 5) is 13.4. The molecular formula is C10H21ClN2O. The van der Waals surface area contributed by atoms with E-state index in [9.17, 15) is 4.79 Å². The van der Waals surface area contributed by atoms with Crippen molar-refractivity contribution in [3.63, 3.8) is 0 Å². The standard InChI is InChI=1S/C10H21ClN2O/c1-4-9(12-10(14)7-11)8-13(5-2)6-3/h9H,4-8H2,1-3H3,(H,12,14). The quantitative estimate of drug-likeness (QED) is 0.659. The first-order valence-corrected chi connectivity index (χ1v) is 5.78. The van der Waals surface area contributed by atoms with E-state index in [1.54, 1.807) is 0 Å². The van der Waals surface area contributed by atoms with E-state index < -0.39 is 0 Å². The number of rotatable bonds is 7. The number of nitrogens with zero attached hydrogens (tertiary/aromatic N) is 1. The molecule has 14 heavy (non-hydrogen) atoms. The molecule has 4 heteroatoms. The highest BCUT2D eigenvalue weighted by Gasteiger charge is 2.12. The smallest absolute Gasteiger partial charge is 0.235 e. The summed E-state index contributed by atoms with van der Waals surface area (Å²) in [6.45, 7) is 9.27. The van der Waals surface area contributed by atoms with Gasteiger partial charge in [0, 0.05) is 12.6 Å². The second-order valence-corrected chi connectivity index (χ2v) is 3.56. The number of carbonyl (C=O) groups is 1. The van der Waals surface area contributed by atoms with Crippen LogP contribution in [0.1, 0.15) is 27.2 Å². The Labute approximate surface area is 91.8 Å². The number of alkyl halides is 1. The molecule has 0 rings (SSSR count). The zero-order chi connectivity index (χ0) is 11.0. The molecule has 0 aliphatic carbocycles. The van der Waals surface area contributed by atoms with Gasteiger partial charge in [-0.1, -0.05) is 20.8 Å². The van der Waals surface area contributed by atoms with E-state index in [4.69, 9.17) is 11.6 Å². The van der Waals surface area contributed by atoms with E-state index in [2.05, 4.69) is 31.0 Å². The molecule has 0 spiro atoms. The highest BCUT2D eigenvalue weighted by molar-refractivity contribution is 6.27. The summed E-state index contributed by atoms with van der Waals surface area (Å²) in [6, 6.07) is 0.223. The molecule has 1 amide bonds. The van der Waals surface area contributed by atoms with Crippen LogP contribution in [0.5, 0.6) is 0 Å². The van der Waals surface area contributed by atoms with Crippen LogP contribution in [-0.4, -0.2) is 42.4 Å². The van der Waals surface area contributed by atoms with Crippen molar-refractivity contribution in [1.82, 2.24) is 10.2 Å². The Bertz CT molecular complexity index is 160. The number of nitrogens with one attached hydrogen (secondary N) is 1. The van der Waals surface area contributed by atoms with Crippen molar-refractivity contribution >= 4 is 17.5 Å². The van der Waals surface area contributed by atoms with Crippen LogP contribution in [0.4, 0.5) is 0 Å². The minimum absolute atomic E-state index is 0.0503. The van der Waals surface area contributed by atoms with Gasteiger partial charge < -0.3 is 10.2 Å². The van der Waals surface area contributed by atoms with Gasteiger partial charge in [0.1, 0.15) is 5.88 Å². The van der Waals surface area contributed by atoms with E-state index in [1.165, 1.54) is 0 Å². The van der Waals surface area contributed by atoms with E-state index in [-0.39, 0.29) is 17.8 Å². The lowest BCUT2D eigenvalue weighted by Crippen LogP contribution is -2.43. The lowest BCUT2D eigenvalue weighted by molar-refractivity contribution is -0.119. The molecule has 0 fully saturated rings. The van der Waals surface area contributed by atoms with E-state index in [1.807, 2.05) is 0 Å². The van der Waals surface area contributed by atoms with Crippen molar-refractivity contribution in [2.45, 2.75) is 33.2 Å². The van der Waals surface area contributed by atoms with E-state index >= 15 is 0 Å². The molecule has 0 saturated heterocycles. The zero-order valence-corrected chi connectivity index (χ0v) is 10.1. The average Bonchev–Trinajstić information content (AvgIpc) is 2.23. The maximum Gasteiger partial charge on any atom is 0.235 e. The van der Waals surface area contributed by atoms with Crippen LogP contribution in [-0.2, 0) is 4.79 Å². The Morgan fingerprint density at radius 3 is 2.29 bits per heavy atom. The number of likely N-dealkylation sites (N-methyl/N-ethyl adjacent to an activating group) is 1. The second-order valence-electron chi connectivity index (χ2n) is 3.29. The number of amides is 1. The fourth-order valence-corrected chi connectivity index (χ4v) is 1.41. The van der Waals surface area contributed by atoms with Crippen LogP contribution >= 0.6 is 11.6 Å². The normalized spacial score (nSPS) is 12.9. The molecule has 0 aromatic heterocycles. The molecule has 0 heterocycles. The molecule has 0 aliphatic rings. The summed E-state index contributed by atoms with van der Waals surface area (Å²) in [7, 11) is 0. The molecule has 0 aromatic carbocycles. The maximum atomic E-state index is 11.1. The lowest BCUT2D eigenvalue weighted by atomic mass is 10.2. The average molecular weight is 221 g/mol. The molecule has 0 aromatic rings. The van der Waals surface area contributed by atoms with Crippen LogP contribution in [0.3, 0.4) is 0 Å². The fraction of sp³-hybridized carbons (Fsp3) is 0.900. The van der Waals surface area contributed by atoms with E-state index in [0.717, 1.165) is 26.1 Å². The monoisotopic (exact) mass is 220 g/mol. The first kappa shape index (κ1) is 13.7. The summed E-state index contributed by atoms with van der Waals surface area (Å²) < 4.78 is 0. The Hall–Kier alpha value is -0.280. The molecule has 1 N–H and O–H groups in total. The summed E-state index contributed by atoms with van der Waals surface area (Å²) in [5.41, 5.74) is 0. The molecule has 1 unspecified atom stereocenters. The molecule has 84 valence electrons. The van der Waals surface area contributed by atoms with Gasteiger partial charge in [0.25, 0.3) is 0 Å². The molecule has 1 atom stereocenters. The third-order valence-electron chi connectivity index (χ3n) is 2.35. The van der Waals surface area contributed by atoms with Crippen molar-refractivity contribution in [3.05, 3.63) is 0 Å². The molecule has 0 radical (unpaired) electrons. The van der Waals surface area contributed by atoms with Gasteiger partial charge in [0.2, 0.25) is 5.91 Å². The Morgan fingerprint density at radius 2 is 1.93 bits per heavy atom. The first-order valence-electron chi connectivity index (χ1n) is 5.25. The Balaban J connectivity index is 3.94. The SMILES string of the molecule is CCC(CN(CC)CC)NC(=O)CCl. The lowest BCUT2D eigenvalue weighted by Gasteiger charge is -2.24. The molecular weight excluding hydrogens is 200 g/mol. The minimum atomic E-state index is -0.0781. The Morgan fingerprint density at radius 1 is 1.36 bits per heavy atom. The van der Waals surface area contributed by atoms with Crippen LogP contribution < -0.4 is 5.32 Å². The van der Waals surface area contributed by atoms with Crippen LogP contribution in [0, 0.1) is 0 Å². The summed E-state index contributed by atoms with van der Waals surface area (Å²) in [6.07, 6.45) is 0.944. The highest BCUT2D eigenvalue weighted by Crippen LogP contribution is 1.97. The van der Waals surface area contributed by atoms with Crippen molar-refractivity contribution in [2.75, 3.05) is 25.5 Å². The van der Waals surface area contributed by atoms with Crippen molar-refractivity contribution in [3.8, 4) is 0 Å². The number of carbonyl (C=O) groups excluding carboxylic acids is 1. The van der Waals surface area contributed by atoms with Crippen LogP contribution in [0.15, 0.2) is 0 Å². The van der Waals surface area contributed by atoms with Gasteiger partial charge in [-0.25, -0.2) is 0 Å². The number of hydrogen-bond acceptors (Lipinski definition) is 2. The molecule has 0 saturated carbocycles. The molecule has 0 bridgehead atoms. The maximum absolute atomic E-state index is 11.1. The van der Waals surface area contributed by atoms with E-state index in [0.29, 0.717) is 0 Å². The predicted molar refractivity (Wildman–Crippen MR) is 60.7 cm³/mol. The third kappa shape index (κ3) is 5.45. The largest absolute Gasteiger partial charge is 0.351 e. The van der Waals surface area contributed by atoms with Crippen LogP contribution in [0.2, 0.25) is 0 Å². The topological polar surface area (TPSA) is 32.3 Å². The minimum Gasteiger partial charge on any atom is -0.351 e. The van der Waals surface area contributed by atoms with Crippen molar-refractivity contribution in [2.24, 2.45) is 0 Å². The van der Waals surface area contributed by atoms with Gasteiger partial charge in [-0.15, -0.1) is 11.6 Å². The van der Waals surface area contributed by atoms with Gasteiger partial charge >= 0.3 is 0 Å². The summed E-state index contributed by atoms with van der Waals surface area (Å²) in [5, 5.41) is 2.90. The summed E-state index contributed by atoms with van der Waals surface area (Å²) in [5.74, 6) is -0.0277. The number of hydrogen-bond donors (Lipinski definition) is 1. The molecule has 3 nitrogen and oxygen atoms in total. The predicted octanol–water partition coefficient (Wildman–Crippen LogP) is 1.46. The van der Waals surface area contributed by atoms with Gasteiger partial charge in [-0.05, 0) is 19.5 Å². The molecule has 0 aliphatic heterocycles. The van der Waals surface area contributed by atoms with Gasteiger partial charge in [0.15, 0.2) is 0 Å². The van der Waals surface area contributed by atoms with Crippen LogP contribution in [0.25, 0.3) is 0 Å². The van der Waals surface area contributed by atoms with Gasteiger partial charge in [-0.2, -0.15) is 0 Å². The number of halogens is 1. The summed E-state index contributed by atoms with van der Waals surface area (Å²) >= 11 is 5.43.